The molecule has 104 valence electrons. The summed E-state index contributed by atoms with van der Waals surface area (Å²) in [5, 5.41) is 13.7. The molecule has 5 heteroatoms. The summed E-state index contributed by atoms with van der Waals surface area (Å²) in [5.74, 6) is -0.143. The Morgan fingerprint density at radius 3 is 2.68 bits per heavy atom. The minimum atomic E-state index is -0.183. The number of hydrogen-bond acceptors (Lipinski definition) is 2. The highest BCUT2D eigenvalue weighted by atomic mass is 127. The number of aromatic hydroxyl groups is 1. The number of benzene rings is 1. The Balaban J connectivity index is 2.17. The average molecular weight is 438 g/mol. The van der Waals surface area contributed by atoms with E-state index in [2.05, 4.69) is 43.8 Å². The molecule has 1 amide bonds. The van der Waals surface area contributed by atoms with E-state index in [0.29, 0.717) is 5.56 Å². The summed E-state index contributed by atoms with van der Waals surface area (Å²) in [6.45, 7) is 0. The van der Waals surface area contributed by atoms with Crippen LogP contribution in [0.15, 0.2) is 18.2 Å². The van der Waals surface area contributed by atoms with Crippen molar-refractivity contribution in [2.75, 3.05) is 5.33 Å². The SMILES string of the molecule is O=C(NC1(CBr)CCCCC1)c1cc(I)ccc1O. The monoisotopic (exact) mass is 437 g/mol. The van der Waals surface area contributed by atoms with E-state index in [1.54, 1.807) is 18.2 Å². The average Bonchev–Trinajstić information content (AvgIpc) is 2.42. The van der Waals surface area contributed by atoms with Gasteiger partial charge in [-0.1, -0.05) is 35.2 Å². The highest BCUT2D eigenvalue weighted by Crippen LogP contribution is 2.31. The lowest BCUT2D eigenvalue weighted by Crippen LogP contribution is -2.51. The molecule has 1 aliphatic carbocycles. The zero-order valence-electron chi connectivity index (χ0n) is 10.6. The normalized spacial score (nSPS) is 18.0. The van der Waals surface area contributed by atoms with Crippen LogP contribution in [0, 0.1) is 3.57 Å². The van der Waals surface area contributed by atoms with Crippen LogP contribution < -0.4 is 5.32 Å². The van der Waals surface area contributed by atoms with E-state index in [9.17, 15) is 9.90 Å². The maximum atomic E-state index is 12.4. The van der Waals surface area contributed by atoms with Gasteiger partial charge >= 0.3 is 0 Å². The molecule has 1 aromatic rings. The molecule has 2 N–H and O–H groups in total. The molecule has 0 saturated heterocycles. The van der Waals surface area contributed by atoms with Gasteiger partial charge in [-0.3, -0.25) is 4.79 Å². The molecule has 0 unspecified atom stereocenters. The quantitative estimate of drug-likeness (QED) is 0.557. The molecule has 0 bridgehead atoms. The van der Waals surface area contributed by atoms with Crippen molar-refractivity contribution in [2.24, 2.45) is 0 Å². The second kappa shape index (κ2) is 6.43. The van der Waals surface area contributed by atoms with Gasteiger partial charge in [0.1, 0.15) is 5.75 Å². The number of hydrogen-bond donors (Lipinski definition) is 2. The summed E-state index contributed by atoms with van der Waals surface area (Å²) >= 11 is 5.66. The summed E-state index contributed by atoms with van der Waals surface area (Å²) in [6, 6.07) is 5.07. The first kappa shape index (κ1) is 15.1. The van der Waals surface area contributed by atoms with Gasteiger partial charge in [-0.05, 0) is 53.6 Å². The van der Waals surface area contributed by atoms with Gasteiger partial charge in [0, 0.05) is 8.90 Å². The molecule has 0 radical (unpaired) electrons. The molecule has 3 nitrogen and oxygen atoms in total. The van der Waals surface area contributed by atoms with Gasteiger partial charge in [0.15, 0.2) is 0 Å². The molecule has 1 aliphatic rings. The second-order valence-corrected chi connectivity index (χ2v) is 6.90. The predicted molar refractivity (Wildman–Crippen MR) is 87.9 cm³/mol. The van der Waals surface area contributed by atoms with Gasteiger partial charge in [0.25, 0.3) is 5.91 Å². The summed E-state index contributed by atoms with van der Waals surface area (Å²) in [4.78, 5) is 12.4. The molecule has 1 saturated carbocycles. The van der Waals surface area contributed by atoms with Crippen molar-refractivity contribution in [1.82, 2.24) is 5.32 Å². The van der Waals surface area contributed by atoms with E-state index >= 15 is 0 Å². The lowest BCUT2D eigenvalue weighted by atomic mass is 9.83. The lowest BCUT2D eigenvalue weighted by molar-refractivity contribution is 0.0883. The van der Waals surface area contributed by atoms with Crippen LogP contribution in [0.25, 0.3) is 0 Å². The summed E-state index contributed by atoms with van der Waals surface area (Å²) in [6.07, 6.45) is 5.51. The number of carbonyl (C=O) groups excluding carboxylic acids is 1. The second-order valence-electron chi connectivity index (χ2n) is 5.09. The Hall–Kier alpha value is -0.300. The first-order valence-electron chi connectivity index (χ1n) is 6.43. The number of halogens is 2. The number of phenols is 1. The van der Waals surface area contributed by atoms with E-state index < -0.39 is 0 Å². The van der Waals surface area contributed by atoms with Crippen molar-refractivity contribution in [3.05, 3.63) is 27.3 Å². The van der Waals surface area contributed by atoms with Crippen LogP contribution in [0.4, 0.5) is 0 Å². The Labute approximate surface area is 135 Å². The highest BCUT2D eigenvalue weighted by Gasteiger charge is 2.33. The Kier molecular flexibility index (Phi) is 5.11. The molecule has 0 aromatic heterocycles. The molecule has 0 aliphatic heterocycles. The minimum absolute atomic E-state index is 0.0402. The maximum absolute atomic E-state index is 12.4. The zero-order chi connectivity index (χ0) is 13.9. The van der Waals surface area contributed by atoms with E-state index in [1.165, 1.54) is 6.42 Å². The Morgan fingerprint density at radius 1 is 1.37 bits per heavy atom. The van der Waals surface area contributed by atoms with Crippen LogP contribution in [-0.4, -0.2) is 21.9 Å². The molecule has 19 heavy (non-hydrogen) atoms. The third kappa shape index (κ3) is 3.62. The Morgan fingerprint density at radius 2 is 2.05 bits per heavy atom. The van der Waals surface area contributed by atoms with Crippen molar-refractivity contribution < 1.29 is 9.90 Å². The van der Waals surface area contributed by atoms with Gasteiger partial charge < -0.3 is 10.4 Å². The molecule has 0 heterocycles. The van der Waals surface area contributed by atoms with Crippen molar-refractivity contribution in [2.45, 2.75) is 37.6 Å². The van der Waals surface area contributed by atoms with Gasteiger partial charge in [-0.25, -0.2) is 0 Å². The van der Waals surface area contributed by atoms with Crippen LogP contribution in [0.5, 0.6) is 5.75 Å². The van der Waals surface area contributed by atoms with Crippen LogP contribution >= 0.6 is 38.5 Å². The van der Waals surface area contributed by atoms with Crippen molar-refractivity contribution in [1.29, 1.82) is 0 Å². The molecule has 2 rings (SSSR count). The smallest absolute Gasteiger partial charge is 0.255 e. The van der Waals surface area contributed by atoms with E-state index in [0.717, 1.165) is 34.6 Å². The molecule has 0 atom stereocenters. The number of nitrogens with one attached hydrogen (secondary N) is 1. The topological polar surface area (TPSA) is 49.3 Å². The summed E-state index contributed by atoms with van der Waals surface area (Å²) in [5.41, 5.74) is 0.195. The first-order valence-corrected chi connectivity index (χ1v) is 8.63. The molecular weight excluding hydrogens is 421 g/mol. The molecular formula is C14H17BrINO2. The number of phenolic OH excluding ortho intramolecular Hbond substituents is 1. The number of amides is 1. The first-order chi connectivity index (χ1) is 9.06. The lowest BCUT2D eigenvalue weighted by Gasteiger charge is -2.36. The molecule has 1 aromatic carbocycles. The van der Waals surface area contributed by atoms with Crippen LogP contribution in [0.1, 0.15) is 42.5 Å². The van der Waals surface area contributed by atoms with E-state index in [1.807, 2.05) is 0 Å². The third-order valence-electron chi connectivity index (χ3n) is 3.65. The highest BCUT2D eigenvalue weighted by molar-refractivity contribution is 14.1. The fourth-order valence-corrected chi connectivity index (χ4v) is 3.71. The Bertz CT molecular complexity index is 473. The zero-order valence-corrected chi connectivity index (χ0v) is 14.3. The van der Waals surface area contributed by atoms with Crippen molar-refractivity contribution in [3.8, 4) is 5.75 Å². The van der Waals surface area contributed by atoms with Crippen LogP contribution in [0.3, 0.4) is 0 Å². The van der Waals surface area contributed by atoms with E-state index in [-0.39, 0.29) is 17.2 Å². The van der Waals surface area contributed by atoms with Gasteiger partial charge in [-0.2, -0.15) is 0 Å². The van der Waals surface area contributed by atoms with Gasteiger partial charge in [-0.15, -0.1) is 0 Å². The number of carbonyl (C=O) groups is 1. The van der Waals surface area contributed by atoms with Gasteiger partial charge in [0.2, 0.25) is 0 Å². The largest absolute Gasteiger partial charge is 0.507 e. The third-order valence-corrected chi connectivity index (χ3v) is 5.39. The fraction of sp³-hybridized carbons (Fsp3) is 0.500. The standard InChI is InChI=1S/C14H17BrINO2/c15-9-14(6-2-1-3-7-14)17-13(19)11-8-10(16)4-5-12(11)18/h4-5,8,18H,1-3,6-7,9H2,(H,17,19). The fourth-order valence-electron chi connectivity index (χ4n) is 2.52. The van der Waals surface area contributed by atoms with Gasteiger partial charge in [0.05, 0.1) is 11.1 Å². The summed E-state index contributed by atoms with van der Waals surface area (Å²) < 4.78 is 0.942. The number of alkyl halides is 1. The molecule has 1 fully saturated rings. The van der Waals surface area contributed by atoms with Crippen LogP contribution in [-0.2, 0) is 0 Å². The van der Waals surface area contributed by atoms with Crippen molar-refractivity contribution >= 4 is 44.4 Å². The maximum Gasteiger partial charge on any atom is 0.255 e. The number of rotatable bonds is 3. The predicted octanol–water partition coefficient (Wildman–Crippen LogP) is 3.82. The van der Waals surface area contributed by atoms with Crippen LogP contribution in [0.2, 0.25) is 0 Å². The van der Waals surface area contributed by atoms with E-state index in [4.69, 9.17) is 0 Å². The summed E-state index contributed by atoms with van der Waals surface area (Å²) in [7, 11) is 0. The minimum Gasteiger partial charge on any atom is -0.507 e. The molecule has 0 spiro atoms. The van der Waals surface area contributed by atoms with Crippen molar-refractivity contribution in [3.63, 3.8) is 0 Å².